The lowest BCUT2D eigenvalue weighted by atomic mass is 9.93. The molecule has 5 heteroatoms. The van der Waals surface area contributed by atoms with Crippen LogP contribution < -0.4 is 0 Å². The number of benzene rings is 2. The van der Waals surface area contributed by atoms with Crippen LogP contribution in [0.2, 0.25) is 0 Å². The molecule has 1 amide bonds. The molecule has 2 aromatic carbocycles. The van der Waals surface area contributed by atoms with Gasteiger partial charge < -0.3 is 14.7 Å². The second-order valence-electron chi connectivity index (χ2n) is 8.04. The van der Waals surface area contributed by atoms with Gasteiger partial charge in [-0.25, -0.2) is 4.79 Å². The SMILES string of the molecule is O=C(O)CCCC1CCCN(C(=O)OCC2c3ccccc3-c3ccccc32)C1. The number of amides is 1. The molecule has 1 saturated heterocycles. The number of piperidine rings is 1. The summed E-state index contributed by atoms with van der Waals surface area (Å²) in [6.07, 6.45) is 3.45. The van der Waals surface area contributed by atoms with Crippen LogP contribution >= 0.6 is 0 Å². The van der Waals surface area contributed by atoms with Crippen molar-refractivity contribution in [1.29, 1.82) is 0 Å². The van der Waals surface area contributed by atoms with Crippen molar-refractivity contribution in [2.24, 2.45) is 5.92 Å². The predicted molar refractivity (Wildman–Crippen MR) is 111 cm³/mol. The number of carbonyl (C=O) groups excluding carboxylic acids is 1. The molecule has 29 heavy (non-hydrogen) atoms. The van der Waals surface area contributed by atoms with E-state index in [1.54, 1.807) is 4.90 Å². The Morgan fingerprint density at radius 1 is 1.03 bits per heavy atom. The lowest BCUT2D eigenvalue weighted by molar-refractivity contribution is -0.137. The molecule has 1 heterocycles. The molecule has 0 aromatic heterocycles. The maximum atomic E-state index is 12.7. The van der Waals surface area contributed by atoms with E-state index >= 15 is 0 Å². The summed E-state index contributed by atoms with van der Waals surface area (Å²) < 4.78 is 5.76. The number of likely N-dealkylation sites (tertiary alicyclic amines) is 1. The summed E-state index contributed by atoms with van der Waals surface area (Å²) in [5.74, 6) is -0.319. The van der Waals surface area contributed by atoms with Crippen LogP contribution in [-0.4, -0.2) is 41.8 Å². The highest BCUT2D eigenvalue weighted by atomic mass is 16.6. The number of carbonyl (C=O) groups is 2. The maximum absolute atomic E-state index is 12.7. The highest BCUT2D eigenvalue weighted by Crippen LogP contribution is 2.44. The van der Waals surface area contributed by atoms with E-state index in [1.165, 1.54) is 22.3 Å². The van der Waals surface area contributed by atoms with E-state index in [0.717, 1.165) is 19.3 Å². The molecule has 152 valence electrons. The van der Waals surface area contributed by atoms with Crippen LogP contribution in [0.15, 0.2) is 48.5 Å². The number of aliphatic carboxylic acids is 1. The van der Waals surface area contributed by atoms with Crippen molar-refractivity contribution < 1.29 is 19.4 Å². The topological polar surface area (TPSA) is 66.8 Å². The van der Waals surface area contributed by atoms with Crippen LogP contribution in [0.1, 0.15) is 49.1 Å². The van der Waals surface area contributed by atoms with Gasteiger partial charge in [-0.2, -0.15) is 0 Å². The fourth-order valence-corrected chi connectivity index (χ4v) is 4.69. The van der Waals surface area contributed by atoms with Gasteiger partial charge in [0.05, 0.1) is 0 Å². The molecule has 2 aliphatic rings. The van der Waals surface area contributed by atoms with Crippen LogP contribution in [0.3, 0.4) is 0 Å². The molecule has 0 radical (unpaired) electrons. The van der Waals surface area contributed by atoms with Crippen LogP contribution in [0.5, 0.6) is 0 Å². The van der Waals surface area contributed by atoms with Crippen molar-refractivity contribution >= 4 is 12.1 Å². The van der Waals surface area contributed by atoms with E-state index in [-0.39, 0.29) is 18.4 Å². The van der Waals surface area contributed by atoms with Gasteiger partial charge in [0.15, 0.2) is 0 Å². The molecule has 0 spiro atoms. The molecule has 4 rings (SSSR count). The predicted octanol–water partition coefficient (Wildman–Crippen LogP) is 4.90. The fourth-order valence-electron chi connectivity index (χ4n) is 4.69. The summed E-state index contributed by atoms with van der Waals surface area (Å²) in [5, 5.41) is 8.81. The number of ether oxygens (including phenoxy) is 1. The lowest BCUT2D eigenvalue weighted by Crippen LogP contribution is -2.40. The number of rotatable bonds is 6. The first-order chi connectivity index (χ1) is 14.1. The summed E-state index contributed by atoms with van der Waals surface area (Å²) in [4.78, 5) is 25.2. The molecular formula is C24H27NO4. The minimum absolute atomic E-state index is 0.0718. The summed E-state index contributed by atoms with van der Waals surface area (Å²) >= 11 is 0. The molecule has 1 N–H and O–H groups in total. The van der Waals surface area contributed by atoms with E-state index in [0.29, 0.717) is 32.0 Å². The van der Waals surface area contributed by atoms with E-state index in [4.69, 9.17) is 9.84 Å². The smallest absolute Gasteiger partial charge is 0.409 e. The van der Waals surface area contributed by atoms with Crippen LogP contribution in [0, 0.1) is 5.92 Å². The quantitative estimate of drug-likeness (QED) is 0.758. The normalized spacial score (nSPS) is 18.2. The third kappa shape index (κ3) is 4.29. The molecular weight excluding hydrogens is 366 g/mol. The van der Waals surface area contributed by atoms with Gasteiger partial charge in [0, 0.05) is 25.4 Å². The van der Waals surface area contributed by atoms with E-state index in [2.05, 4.69) is 24.3 Å². The second-order valence-corrected chi connectivity index (χ2v) is 8.04. The zero-order chi connectivity index (χ0) is 20.2. The minimum atomic E-state index is -0.755. The highest BCUT2D eigenvalue weighted by molar-refractivity contribution is 5.79. The Bertz CT molecular complexity index is 848. The standard InChI is InChI=1S/C24H27NO4/c26-23(27)13-5-7-17-8-6-14-25(15-17)24(28)29-16-22-20-11-3-1-9-18(20)19-10-2-4-12-21(19)22/h1-4,9-12,17,22H,5-8,13-16H2,(H,26,27). The van der Waals surface area contributed by atoms with Crippen molar-refractivity contribution in [2.45, 2.75) is 38.0 Å². The molecule has 1 fully saturated rings. The van der Waals surface area contributed by atoms with Gasteiger partial charge in [0.2, 0.25) is 0 Å². The molecule has 1 aliphatic heterocycles. The van der Waals surface area contributed by atoms with E-state index < -0.39 is 5.97 Å². The van der Waals surface area contributed by atoms with Gasteiger partial charge in [0.1, 0.15) is 6.61 Å². The minimum Gasteiger partial charge on any atom is -0.481 e. The average molecular weight is 393 g/mol. The number of carboxylic acids is 1. The van der Waals surface area contributed by atoms with Crippen LogP contribution in [-0.2, 0) is 9.53 Å². The number of nitrogens with zero attached hydrogens (tertiary/aromatic N) is 1. The van der Waals surface area contributed by atoms with Gasteiger partial charge >= 0.3 is 12.1 Å². The average Bonchev–Trinajstić information content (AvgIpc) is 3.06. The third-order valence-corrected chi connectivity index (χ3v) is 6.12. The van der Waals surface area contributed by atoms with Gasteiger partial charge in [0.25, 0.3) is 0 Å². The first kappa shape index (κ1) is 19.5. The van der Waals surface area contributed by atoms with Crippen molar-refractivity contribution in [3.63, 3.8) is 0 Å². The Labute approximate surface area is 171 Å². The summed E-state index contributed by atoms with van der Waals surface area (Å²) in [5.41, 5.74) is 4.87. The second kappa shape index (κ2) is 8.68. The fraction of sp³-hybridized carbons (Fsp3) is 0.417. The zero-order valence-electron chi connectivity index (χ0n) is 16.5. The molecule has 5 nitrogen and oxygen atoms in total. The van der Waals surface area contributed by atoms with Crippen molar-refractivity contribution in [2.75, 3.05) is 19.7 Å². The van der Waals surface area contributed by atoms with Crippen LogP contribution in [0.25, 0.3) is 11.1 Å². The Balaban J connectivity index is 1.37. The van der Waals surface area contributed by atoms with Gasteiger partial charge in [-0.3, -0.25) is 4.79 Å². The summed E-state index contributed by atoms with van der Waals surface area (Å²) in [6, 6.07) is 16.6. The molecule has 0 saturated carbocycles. The third-order valence-electron chi connectivity index (χ3n) is 6.12. The number of carboxylic acid groups (broad SMARTS) is 1. The van der Waals surface area contributed by atoms with E-state index in [9.17, 15) is 9.59 Å². The molecule has 1 unspecified atom stereocenters. The van der Waals surface area contributed by atoms with Crippen molar-refractivity contribution in [3.05, 3.63) is 59.7 Å². The summed E-state index contributed by atoms with van der Waals surface area (Å²) in [6.45, 7) is 1.72. The van der Waals surface area contributed by atoms with Crippen LogP contribution in [0.4, 0.5) is 4.79 Å². The van der Waals surface area contributed by atoms with Crippen molar-refractivity contribution in [3.8, 4) is 11.1 Å². The zero-order valence-corrected chi connectivity index (χ0v) is 16.5. The highest BCUT2D eigenvalue weighted by Gasteiger charge is 2.30. The molecule has 0 bridgehead atoms. The number of hydrogen-bond acceptors (Lipinski definition) is 3. The Morgan fingerprint density at radius 3 is 2.34 bits per heavy atom. The summed E-state index contributed by atoms with van der Waals surface area (Å²) in [7, 11) is 0. The number of hydrogen-bond donors (Lipinski definition) is 1. The number of fused-ring (bicyclic) bond motifs is 3. The Kier molecular flexibility index (Phi) is 5.84. The monoisotopic (exact) mass is 393 g/mol. The molecule has 1 aliphatic carbocycles. The molecule has 1 atom stereocenters. The van der Waals surface area contributed by atoms with E-state index in [1.807, 2.05) is 24.3 Å². The first-order valence-corrected chi connectivity index (χ1v) is 10.4. The van der Waals surface area contributed by atoms with Gasteiger partial charge in [-0.1, -0.05) is 48.5 Å². The Hall–Kier alpha value is -2.82. The Morgan fingerprint density at radius 2 is 1.69 bits per heavy atom. The van der Waals surface area contributed by atoms with Gasteiger partial charge in [-0.05, 0) is 53.9 Å². The first-order valence-electron chi connectivity index (χ1n) is 10.4. The van der Waals surface area contributed by atoms with Crippen molar-refractivity contribution in [1.82, 2.24) is 4.90 Å². The molecule has 2 aromatic rings. The maximum Gasteiger partial charge on any atom is 0.409 e. The lowest BCUT2D eigenvalue weighted by Gasteiger charge is -2.32. The van der Waals surface area contributed by atoms with Gasteiger partial charge in [-0.15, -0.1) is 0 Å². The largest absolute Gasteiger partial charge is 0.481 e.